The Morgan fingerprint density at radius 1 is 1.21 bits per heavy atom. The molecule has 2 aliphatic carbocycles. The maximum absolute atomic E-state index is 12.8. The van der Waals surface area contributed by atoms with Gasteiger partial charge in [0.25, 0.3) is 0 Å². The van der Waals surface area contributed by atoms with Crippen molar-refractivity contribution in [3.05, 3.63) is 59.4 Å². The lowest BCUT2D eigenvalue weighted by Crippen LogP contribution is -2.46. The monoisotopic (exact) mass is 438 g/mol. The number of carbonyl (C=O) groups excluding carboxylic acids is 1. The highest BCUT2D eigenvalue weighted by Gasteiger charge is 2.50. The summed E-state index contributed by atoms with van der Waals surface area (Å²) in [6, 6.07) is 12.0. The highest BCUT2D eigenvalue weighted by molar-refractivity contribution is 6.02. The molecule has 5 rings (SSSR count). The average molecular weight is 439 g/mol. The van der Waals surface area contributed by atoms with Crippen LogP contribution in [-0.4, -0.2) is 26.8 Å². The van der Waals surface area contributed by atoms with E-state index in [4.69, 9.17) is 14.7 Å². The molecule has 3 aromatic rings. The fraction of sp³-hybridized carbons (Fsp3) is 0.370. The number of Topliss-reactive ketones (excluding diaryl/α,β-unsaturated/α-hetero) is 1. The molecule has 0 saturated carbocycles. The highest BCUT2D eigenvalue weighted by atomic mass is 16.5. The maximum Gasteiger partial charge on any atom is 0.220 e. The smallest absolute Gasteiger partial charge is 0.220 e. The van der Waals surface area contributed by atoms with Gasteiger partial charge in [-0.3, -0.25) is 9.78 Å². The molecule has 3 atom stereocenters. The number of hydrogen-bond acceptors (Lipinski definition) is 6. The van der Waals surface area contributed by atoms with E-state index >= 15 is 0 Å². The number of aromatic nitrogens is 3. The first-order valence-electron chi connectivity index (χ1n) is 11.4. The molecule has 33 heavy (non-hydrogen) atoms. The predicted octanol–water partition coefficient (Wildman–Crippen LogP) is 4.97. The van der Waals surface area contributed by atoms with Gasteiger partial charge in [-0.2, -0.15) is 10.2 Å². The zero-order valence-corrected chi connectivity index (χ0v) is 19.3. The fourth-order valence-corrected chi connectivity index (χ4v) is 5.47. The van der Waals surface area contributed by atoms with E-state index in [-0.39, 0.29) is 29.3 Å². The minimum Gasteiger partial charge on any atom is -0.475 e. The molecule has 1 aromatic carbocycles. The largest absolute Gasteiger partial charge is 0.475 e. The number of para-hydroxylation sites is 1. The van der Waals surface area contributed by atoms with Crippen LogP contribution in [0.3, 0.4) is 0 Å². The van der Waals surface area contributed by atoms with E-state index in [0.29, 0.717) is 11.7 Å². The third-order valence-corrected chi connectivity index (χ3v) is 7.04. The molecule has 0 N–H and O–H groups in total. The molecule has 0 bridgehead atoms. The molecule has 0 saturated heterocycles. The number of nitriles is 1. The summed E-state index contributed by atoms with van der Waals surface area (Å²) in [6.07, 6.45) is 5.11. The van der Waals surface area contributed by atoms with Crippen molar-refractivity contribution in [3.63, 3.8) is 0 Å². The molecule has 0 radical (unpaired) electrons. The Kier molecular flexibility index (Phi) is 5.01. The number of fused-ring (bicyclic) bond motifs is 4. The minimum atomic E-state index is -0.554. The number of rotatable bonds is 3. The summed E-state index contributed by atoms with van der Waals surface area (Å²) in [5, 5.41) is 10.6. The number of benzene rings is 1. The van der Waals surface area contributed by atoms with Gasteiger partial charge in [0.2, 0.25) is 5.88 Å². The maximum atomic E-state index is 12.8. The lowest BCUT2D eigenvalue weighted by molar-refractivity contribution is -0.121. The van der Waals surface area contributed by atoms with Gasteiger partial charge in [-0.1, -0.05) is 38.1 Å². The van der Waals surface area contributed by atoms with Crippen LogP contribution in [0.1, 0.15) is 45.4 Å². The van der Waals surface area contributed by atoms with Crippen LogP contribution in [-0.2, 0) is 16.6 Å². The Morgan fingerprint density at radius 2 is 2.00 bits per heavy atom. The van der Waals surface area contributed by atoms with Gasteiger partial charge in [0.1, 0.15) is 6.07 Å². The van der Waals surface area contributed by atoms with Crippen molar-refractivity contribution in [1.82, 2.24) is 15.0 Å². The zero-order valence-electron chi connectivity index (χ0n) is 19.3. The van der Waals surface area contributed by atoms with Crippen molar-refractivity contribution < 1.29 is 9.53 Å². The van der Waals surface area contributed by atoms with E-state index in [0.717, 1.165) is 40.6 Å². The van der Waals surface area contributed by atoms with Crippen LogP contribution in [0.25, 0.3) is 22.3 Å². The van der Waals surface area contributed by atoms with Crippen molar-refractivity contribution in [2.24, 2.45) is 11.8 Å². The van der Waals surface area contributed by atoms with Crippen LogP contribution in [0.4, 0.5) is 0 Å². The SMILES string of the molecule is CC(C)Oc1nc(-c2ccnc3ccccc23)nc2c1CC[C@@H]1[C@@H](C)C(=O)C(C#N)=C[C@@]21C. The first-order chi connectivity index (χ1) is 15.8. The number of nitrogens with zero attached hydrogens (tertiary/aromatic N) is 4. The summed E-state index contributed by atoms with van der Waals surface area (Å²) in [6.45, 7) is 8.00. The van der Waals surface area contributed by atoms with E-state index in [1.165, 1.54) is 0 Å². The summed E-state index contributed by atoms with van der Waals surface area (Å²) in [4.78, 5) is 27.2. The Labute approximate surface area is 193 Å². The number of allylic oxidation sites excluding steroid dienone is 2. The third kappa shape index (κ3) is 3.31. The predicted molar refractivity (Wildman–Crippen MR) is 126 cm³/mol. The molecule has 0 aliphatic heterocycles. The molecule has 0 unspecified atom stereocenters. The quantitative estimate of drug-likeness (QED) is 0.574. The van der Waals surface area contributed by atoms with Crippen LogP contribution in [0, 0.1) is 23.2 Å². The molecule has 6 heteroatoms. The van der Waals surface area contributed by atoms with E-state index < -0.39 is 5.41 Å². The zero-order chi connectivity index (χ0) is 23.3. The number of ether oxygens (including phenoxy) is 1. The Bertz CT molecular complexity index is 1350. The second-order valence-electron chi connectivity index (χ2n) is 9.47. The molecule has 0 amide bonds. The van der Waals surface area contributed by atoms with E-state index in [2.05, 4.69) is 18.0 Å². The Balaban J connectivity index is 1.80. The Hall–Kier alpha value is -3.59. The molecular weight excluding hydrogens is 412 g/mol. The summed E-state index contributed by atoms with van der Waals surface area (Å²) in [5.74, 6) is 0.913. The third-order valence-electron chi connectivity index (χ3n) is 7.04. The van der Waals surface area contributed by atoms with Crippen molar-refractivity contribution in [2.75, 3.05) is 0 Å². The highest BCUT2D eigenvalue weighted by Crippen LogP contribution is 2.51. The van der Waals surface area contributed by atoms with Crippen molar-refractivity contribution >= 4 is 16.7 Å². The summed E-state index contributed by atoms with van der Waals surface area (Å²) >= 11 is 0. The van der Waals surface area contributed by atoms with Gasteiger partial charge in [0, 0.05) is 34.0 Å². The van der Waals surface area contributed by atoms with Crippen molar-refractivity contribution in [2.45, 2.75) is 52.1 Å². The second-order valence-corrected chi connectivity index (χ2v) is 9.47. The topological polar surface area (TPSA) is 88.8 Å². The lowest BCUT2D eigenvalue weighted by atomic mass is 9.58. The fourth-order valence-electron chi connectivity index (χ4n) is 5.47. The van der Waals surface area contributed by atoms with Crippen molar-refractivity contribution in [1.29, 1.82) is 5.26 Å². The Morgan fingerprint density at radius 3 is 2.76 bits per heavy atom. The van der Waals surface area contributed by atoms with E-state index in [9.17, 15) is 10.1 Å². The van der Waals surface area contributed by atoms with E-state index in [1.54, 1.807) is 6.20 Å². The summed E-state index contributed by atoms with van der Waals surface area (Å²) < 4.78 is 6.19. The van der Waals surface area contributed by atoms with Crippen LogP contribution < -0.4 is 4.74 Å². The van der Waals surface area contributed by atoms with Gasteiger partial charge in [-0.25, -0.2) is 4.98 Å². The molecular formula is C27H26N4O2. The number of ketones is 1. The molecule has 2 heterocycles. The van der Waals surface area contributed by atoms with Gasteiger partial charge in [-0.05, 0) is 44.7 Å². The van der Waals surface area contributed by atoms with Gasteiger partial charge < -0.3 is 4.74 Å². The van der Waals surface area contributed by atoms with Gasteiger partial charge in [-0.15, -0.1) is 0 Å². The number of carbonyl (C=O) groups is 1. The molecule has 2 aromatic heterocycles. The lowest BCUT2D eigenvalue weighted by Gasteiger charge is -2.45. The standard InChI is InChI=1S/C27H26N4O2/c1-15(2)33-26-20-9-10-21-16(3)23(32)17(14-28)13-27(21,4)24(20)30-25(31-26)19-11-12-29-22-8-6-5-7-18(19)22/h5-8,11-13,15-16,21H,9-10H2,1-4H3/t16-,21-,27-/m1/s1. The van der Waals surface area contributed by atoms with Crippen LogP contribution in [0.2, 0.25) is 0 Å². The molecule has 0 spiro atoms. The summed E-state index contributed by atoms with van der Waals surface area (Å²) in [5.41, 5.74) is 3.24. The number of pyridine rings is 1. The van der Waals surface area contributed by atoms with Crippen LogP contribution >= 0.6 is 0 Å². The first-order valence-corrected chi connectivity index (χ1v) is 11.4. The molecule has 2 aliphatic rings. The second kappa shape index (κ2) is 7.77. The van der Waals surface area contributed by atoms with Crippen LogP contribution in [0.5, 0.6) is 5.88 Å². The van der Waals surface area contributed by atoms with Gasteiger partial charge >= 0.3 is 0 Å². The normalized spacial score (nSPS) is 24.1. The first kappa shape index (κ1) is 21.3. The number of hydrogen-bond donors (Lipinski definition) is 0. The van der Waals surface area contributed by atoms with Crippen LogP contribution in [0.15, 0.2) is 48.2 Å². The van der Waals surface area contributed by atoms with Gasteiger partial charge in [0.15, 0.2) is 11.6 Å². The van der Waals surface area contributed by atoms with Gasteiger partial charge in [0.05, 0.1) is 22.9 Å². The molecule has 166 valence electrons. The summed E-state index contributed by atoms with van der Waals surface area (Å²) in [7, 11) is 0. The average Bonchev–Trinajstić information content (AvgIpc) is 2.81. The van der Waals surface area contributed by atoms with E-state index in [1.807, 2.05) is 57.2 Å². The minimum absolute atomic E-state index is 0.0476. The molecule has 0 fully saturated rings. The molecule has 6 nitrogen and oxygen atoms in total. The van der Waals surface area contributed by atoms with Crippen molar-refractivity contribution in [3.8, 4) is 23.3 Å².